The van der Waals surface area contributed by atoms with Gasteiger partial charge in [0.1, 0.15) is 5.82 Å². The van der Waals surface area contributed by atoms with Crippen LogP contribution in [-0.2, 0) is 12.4 Å². The topological polar surface area (TPSA) is 16.1 Å². The normalized spacial score (nSPS) is 10.5. The largest absolute Gasteiger partial charge is 0.354 e. The van der Waals surface area contributed by atoms with E-state index in [1.165, 1.54) is 5.56 Å². The predicted octanol–water partition coefficient (Wildman–Crippen LogP) is 4.87. The van der Waals surface area contributed by atoms with Gasteiger partial charge in [0.2, 0.25) is 0 Å². The molecule has 0 unspecified atom stereocenters. The van der Waals surface area contributed by atoms with Gasteiger partial charge in [0.05, 0.1) is 5.02 Å². The summed E-state index contributed by atoms with van der Waals surface area (Å²) in [4.78, 5) is 6.38. The van der Waals surface area contributed by atoms with Crippen LogP contribution in [0.3, 0.4) is 0 Å². The molecule has 0 atom stereocenters. The Morgan fingerprint density at radius 3 is 2.47 bits per heavy atom. The fourth-order valence-corrected chi connectivity index (χ4v) is 2.51. The number of nitrogens with zero attached hydrogens (tertiary/aromatic N) is 2. The van der Waals surface area contributed by atoms with E-state index in [0.29, 0.717) is 10.9 Å². The molecular formula is C14H13BrCl2N2. The number of hydrogen-bond donors (Lipinski definition) is 0. The first-order valence-corrected chi connectivity index (χ1v) is 7.46. The van der Waals surface area contributed by atoms with Crippen LogP contribution in [0, 0.1) is 0 Å². The smallest absolute Gasteiger partial charge is 0.147 e. The van der Waals surface area contributed by atoms with Gasteiger partial charge >= 0.3 is 0 Å². The number of hydrogen-bond acceptors (Lipinski definition) is 2. The van der Waals surface area contributed by atoms with Crippen molar-refractivity contribution in [2.75, 3.05) is 11.9 Å². The van der Waals surface area contributed by atoms with Crippen molar-refractivity contribution in [3.8, 4) is 0 Å². The molecule has 1 aromatic heterocycles. The minimum Gasteiger partial charge on any atom is -0.354 e. The maximum absolute atomic E-state index is 6.22. The molecule has 0 spiro atoms. The molecular weight excluding hydrogens is 347 g/mol. The Morgan fingerprint density at radius 2 is 1.89 bits per heavy atom. The fourth-order valence-electron chi connectivity index (χ4n) is 1.76. The lowest BCUT2D eigenvalue weighted by Gasteiger charge is -2.19. The van der Waals surface area contributed by atoms with Crippen LogP contribution in [0.4, 0.5) is 5.82 Å². The molecule has 2 aromatic rings. The molecule has 0 aliphatic heterocycles. The summed E-state index contributed by atoms with van der Waals surface area (Å²) in [5, 5.41) is 0.623. The number of aromatic nitrogens is 1. The second-order valence-electron chi connectivity index (χ2n) is 4.27. The van der Waals surface area contributed by atoms with Gasteiger partial charge in [0.15, 0.2) is 0 Å². The zero-order valence-corrected chi connectivity index (χ0v) is 13.5. The summed E-state index contributed by atoms with van der Waals surface area (Å²) in [6, 6.07) is 10.0. The van der Waals surface area contributed by atoms with Crippen molar-refractivity contribution in [1.29, 1.82) is 0 Å². The molecule has 0 fully saturated rings. The quantitative estimate of drug-likeness (QED) is 0.723. The van der Waals surface area contributed by atoms with Crippen LogP contribution in [0.15, 0.2) is 41.0 Å². The molecule has 100 valence electrons. The number of halogens is 3. The highest BCUT2D eigenvalue weighted by Crippen LogP contribution is 2.25. The Balaban J connectivity index is 2.15. The van der Waals surface area contributed by atoms with Gasteiger partial charge < -0.3 is 4.90 Å². The Labute approximate surface area is 131 Å². The number of pyridine rings is 1. The second-order valence-corrected chi connectivity index (χ2v) is 5.86. The average Bonchev–Trinajstić information content (AvgIpc) is 2.41. The Kier molecular flexibility index (Phi) is 5.08. The lowest BCUT2D eigenvalue weighted by atomic mass is 10.2. The maximum atomic E-state index is 6.22. The van der Waals surface area contributed by atoms with E-state index in [2.05, 4.69) is 33.0 Å². The van der Waals surface area contributed by atoms with Crippen molar-refractivity contribution in [2.45, 2.75) is 12.4 Å². The molecule has 0 aliphatic carbocycles. The molecule has 5 heteroatoms. The first-order valence-electron chi connectivity index (χ1n) is 5.76. The molecule has 1 heterocycles. The third-order valence-electron chi connectivity index (χ3n) is 2.73. The highest BCUT2D eigenvalue weighted by molar-refractivity contribution is 9.10. The summed E-state index contributed by atoms with van der Waals surface area (Å²) >= 11 is 15.4. The van der Waals surface area contributed by atoms with Gasteiger partial charge in [-0.15, -0.1) is 11.6 Å². The number of anilines is 1. The van der Waals surface area contributed by atoms with Crippen molar-refractivity contribution in [3.63, 3.8) is 0 Å². The van der Waals surface area contributed by atoms with Crippen molar-refractivity contribution in [2.24, 2.45) is 0 Å². The lowest BCUT2D eigenvalue weighted by molar-refractivity contribution is 0.896. The SMILES string of the molecule is CN(Cc1ccc(Br)cc1)c1ncc(CCl)cc1Cl. The van der Waals surface area contributed by atoms with E-state index >= 15 is 0 Å². The zero-order valence-electron chi connectivity index (χ0n) is 10.4. The molecule has 0 saturated heterocycles. The molecule has 19 heavy (non-hydrogen) atoms. The summed E-state index contributed by atoms with van der Waals surface area (Å²) in [5.74, 6) is 1.18. The summed E-state index contributed by atoms with van der Waals surface area (Å²) in [7, 11) is 1.97. The average molecular weight is 360 g/mol. The number of benzene rings is 1. The van der Waals surface area contributed by atoms with Crippen LogP contribution < -0.4 is 4.90 Å². The third-order valence-corrected chi connectivity index (χ3v) is 3.84. The van der Waals surface area contributed by atoms with Crippen molar-refractivity contribution in [1.82, 2.24) is 4.98 Å². The van der Waals surface area contributed by atoms with Crippen LogP contribution in [0.25, 0.3) is 0 Å². The van der Waals surface area contributed by atoms with Crippen LogP contribution in [0.2, 0.25) is 5.02 Å². The van der Waals surface area contributed by atoms with Gasteiger partial charge in [-0.3, -0.25) is 0 Å². The van der Waals surface area contributed by atoms with Gasteiger partial charge in [0, 0.05) is 30.1 Å². The summed E-state index contributed by atoms with van der Waals surface area (Å²) in [5.41, 5.74) is 2.12. The summed E-state index contributed by atoms with van der Waals surface area (Å²) in [6.07, 6.45) is 1.76. The molecule has 0 saturated carbocycles. The van der Waals surface area contributed by atoms with Crippen molar-refractivity contribution < 1.29 is 0 Å². The monoisotopic (exact) mass is 358 g/mol. The molecule has 2 nitrogen and oxygen atoms in total. The van der Waals surface area contributed by atoms with E-state index in [-0.39, 0.29) is 0 Å². The van der Waals surface area contributed by atoms with Crippen LogP contribution in [0.5, 0.6) is 0 Å². The fraction of sp³-hybridized carbons (Fsp3) is 0.214. The van der Waals surface area contributed by atoms with E-state index in [9.17, 15) is 0 Å². The molecule has 0 aliphatic rings. The van der Waals surface area contributed by atoms with Gasteiger partial charge in [-0.1, -0.05) is 39.7 Å². The Bertz CT molecular complexity index is 558. The highest BCUT2D eigenvalue weighted by Gasteiger charge is 2.09. The highest BCUT2D eigenvalue weighted by atomic mass is 79.9. The van der Waals surface area contributed by atoms with E-state index in [1.54, 1.807) is 6.20 Å². The minimum absolute atomic E-state index is 0.420. The summed E-state index contributed by atoms with van der Waals surface area (Å²) < 4.78 is 1.07. The Hall–Kier alpha value is -0.770. The van der Waals surface area contributed by atoms with E-state index in [4.69, 9.17) is 23.2 Å². The predicted molar refractivity (Wildman–Crippen MR) is 85.1 cm³/mol. The standard InChI is InChI=1S/C14H13BrCl2N2/c1-19(9-10-2-4-12(15)5-3-10)14-13(17)6-11(7-16)8-18-14/h2-6,8H,7,9H2,1H3. The van der Waals surface area contributed by atoms with Gasteiger partial charge in [-0.2, -0.15) is 0 Å². The van der Waals surface area contributed by atoms with Crippen molar-refractivity contribution in [3.05, 3.63) is 57.2 Å². The van der Waals surface area contributed by atoms with Crippen LogP contribution >= 0.6 is 39.1 Å². The summed E-state index contributed by atoms with van der Waals surface area (Å²) in [6.45, 7) is 0.750. The zero-order chi connectivity index (χ0) is 13.8. The number of rotatable bonds is 4. The number of alkyl halides is 1. The third kappa shape index (κ3) is 3.85. The van der Waals surface area contributed by atoms with E-state index in [1.807, 2.05) is 30.1 Å². The maximum Gasteiger partial charge on any atom is 0.147 e. The van der Waals surface area contributed by atoms with Gasteiger partial charge in [-0.05, 0) is 29.3 Å². The second kappa shape index (κ2) is 6.60. The minimum atomic E-state index is 0.420. The lowest BCUT2D eigenvalue weighted by Crippen LogP contribution is -2.18. The van der Waals surface area contributed by atoms with E-state index < -0.39 is 0 Å². The molecule has 1 aromatic carbocycles. The molecule has 2 rings (SSSR count). The van der Waals surface area contributed by atoms with E-state index in [0.717, 1.165) is 22.4 Å². The first-order chi connectivity index (χ1) is 9.10. The molecule has 0 bridgehead atoms. The van der Waals surface area contributed by atoms with Crippen LogP contribution in [-0.4, -0.2) is 12.0 Å². The van der Waals surface area contributed by atoms with Crippen molar-refractivity contribution >= 4 is 44.9 Å². The molecule has 0 amide bonds. The van der Waals surface area contributed by atoms with Gasteiger partial charge in [-0.25, -0.2) is 4.98 Å². The van der Waals surface area contributed by atoms with Crippen LogP contribution in [0.1, 0.15) is 11.1 Å². The van der Waals surface area contributed by atoms with Gasteiger partial charge in [0.25, 0.3) is 0 Å². The molecule has 0 N–H and O–H groups in total. The molecule has 0 radical (unpaired) electrons. The first kappa shape index (κ1) is 14.6. The Morgan fingerprint density at radius 1 is 1.21 bits per heavy atom.